The number of rotatable bonds is 7. The predicted octanol–water partition coefficient (Wildman–Crippen LogP) is 3.09. The molecular formula is C22H27N3O4S. The summed E-state index contributed by atoms with van der Waals surface area (Å²) in [4.78, 5) is 13.0. The van der Waals surface area contributed by atoms with E-state index in [0.717, 1.165) is 16.8 Å². The number of benzene rings is 2. The quantitative estimate of drug-likeness (QED) is 0.626. The highest BCUT2D eigenvalue weighted by Crippen LogP contribution is 2.19. The zero-order chi connectivity index (χ0) is 22.1. The molecule has 0 atom stereocenters. The Balaban J connectivity index is 1.83. The molecule has 0 amide bonds. The average Bonchev–Trinajstić information content (AvgIpc) is 2.95. The highest BCUT2D eigenvalue weighted by molar-refractivity contribution is 7.89. The molecule has 0 saturated heterocycles. The molecule has 0 aliphatic carbocycles. The third kappa shape index (κ3) is 4.20. The van der Waals surface area contributed by atoms with Crippen molar-refractivity contribution in [3.63, 3.8) is 0 Å². The lowest BCUT2D eigenvalue weighted by molar-refractivity contribution is 0.414. The Morgan fingerprint density at radius 2 is 1.63 bits per heavy atom. The van der Waals surface area contributed by atoms with Gasteiger partial charge in [0.15, 0.2) is 0 Å². The number of methoxy groups -OCH3 is 1. The second kappa shape index (κ2) is 8.49. The molecule has 3 aromatic rings. The van der Waals surface area contributed by atoms with Crippen LogP contribution < -0.4 is 15.0 Å². The molecule has 0 aliphatic rings. The molecule has 30 heavy (non-hydrogen) atoms. The van der Waals surface area contributed by atoms with E-state index in [1.54, 1.807) is 52.9 Å². The second-order valence-corrected chi connectivity index (χ2v) is 9.23. The van der Waals surface area contributed by atoms with Gasteiger partial charge in [0.2, 0.25) is 10.0 Å². The molecule has 8 heteroatoms. The first-order chi connectivity index (χ1) is 14.2. The first-order valence-electron chi connectivity index (χ1n) is 9.67. The lowest BCUT2D eigenvalue weighted by Crippen LogP contribution is -2.24. The van der Waals surface area contributed by atoms with Gasteiger partial charge in [-0.3, -0.25) is 9.48 Å². The van der Waals surface area contributed by atoms with Gasteiger partial charge >= 0.3 is 0 Å². The molecule has 0 bridgehead atoms. The van der Waals surface area contributed by atoms with Crippen molar-refractivity contribution in [2.45, 2.75) is 38.1 Å². The standard InChI is InChI=1S/C22H27N3O4S/c1-15(2)21-16(3)24(4)25(22(21)26)18-8-12-20(13-9-18)30(27,28)23-14-17-6-10-19(29-5)11-7-17/h6-13,15,23H,14H2,1-5H3. The zero-order valence-electron chi connectivity index (χ0n) is 17.8. The van der Waals surface area contributed by atoms with Crippen LogP contribution >= 0.6 is 0 Å². The maximum absolute atomic E-state index is 12.8. The van der Waals surface area contributed by atoms with E-state index in [9.17, 15) is 13.2 Å². The van der Waals surface area contributed by atoms with Crippen molar-refractivity contribution >= 4 is 10.0 Å². The summed E-state index contributed by atoms with van der Waals surface area (Å²) in [5, 5.41) is 0. The van der Waals surface area contributed by atoms with E-state index in [0.29, 0.717) is 11.4 Å². The van der Waals surface area contributed by atoms with Crippen molar-refractivity contribution < 1.29 is 13.2 Å². The van der Waals surface area contributed by atoms with E-state index in [1.807, 2.05) is 27.8 Å². The topological polar surface area (TPSA) is 82.3 Å². The maximum atomic E-state index is 12.8. The van der Waals surface area contributed by atoms with Crippen molar-refractivity contribution in [2.24, 2.45) is 7.05 Å². The highest BCUT2D eigenvalue weighted by atomic mass is 32.2. The van der Waals surface area contributed by atoms with Crippen molar-refractivity contribution in [2.75, 3.05) is 7.11 Å². The zero-order valence-corrected chi connectivity index (χ0v) is 18.7. The SMILES string of the molecule is COc1ccc(CNS(=O)(=O)c2ccc(-n3c(=O)c(C(C)C)c(C)n3C)cc2)cc1. The molecular weight excluding hydrogens is 402 g/mol. The van der Waals surface area contributed by atoms with Gasteiger partial charge < -0.3 is 4.74 Å². The Kier molecular flexibility index (Phi) is 6.19. The van der Waals surface area contributed by atoms with Crippen LogP contribution in [0.1, 0.15) is 36.6 Å². The van der Waals surface area contributed by atoms with Gasteiger partial charge in [0.25, 0.3) is 5.56 Å². The fraction of sp³-hybridized carbons (Fsp3) is 0.318. The number of ether oxygens (including phenoxy) is 1. The molecule has 0 aliphatic heterocycles. The normalized spacial score (nSPS) is 11.8. The van der Waals surface area contributed by atoms with Crippen LogP contribution in [0.3, 0.4) is 0 Å². The maximum Gasteiger partial charge on any atom is 0.275 e. The summed E-state index contributed by atoms with van der Waals surface area (Å²) in [6.07, 6.45) is 0. The van der Waals surface area contributed by atoms with Gasteiger partial charge in [0.1, 0.15) is 5.75 Å². The summed E-state index contributed by atoms with van der Waals surface area (Å²) in [6, 6.07) is 13.5. The molecule has 1 N–H and O–H groups in total. The number of hydrogen-bond acceptors (Lipinski definition) is 4. The third-order valence-corrected chi connectivity index (χ3v) is 6.61. The minimum Gasteiger partial charge on any atom is -0.497 e. The molecule has 0 unspecified atom stereocenters. The summed E-state index contributed by atoms with van der Waals surface area (Å²) in [6.45, 7) is 6.05. The van der Waals surface area contributed by atoms with Crippen LogP contribution in [0.2, 0.25) is 0 Å². The smallest absolute Gasteiger partial charge is 0.275 e. The van der Waals surface area contributed by atoms with E-state index in [2.05, 4.69) is 4.72 Å². The van der Waals surface area contributed by atoms with Gasteiger partial charge in [-0.1, -0.05) is 26.0 Å². The molecule has 0 fully saturated rings. The van der Waals surface area contributed by atoms with E-state index in [4.69, 9.17) is 4.74 Å². The summed E-state index contributed by atoms with van der Waals surface area (Å²) >= 11 is 0. The largest absolute Gasteiger partial charge is 0.497 e. The van der Waals surface area contributed by atoms with Crippen LogP contribution in [0.15, 0.2) is 58.2 Å². The van der Waals surface area contributed by atoms with E-state index >= 15 is 0 Å². The van der Waals surface area contributed by atoms with Crippen LogP contribution in [0.4, 0.5) is 0 Å². The summed E-state index contributed by atoms with van der Waals surface area (Å²) < 4.78 is 36.4. The van der Waals surface area contributed by atoms with Crippen LogP contribution in [0.5, 0.6) is 5.75 Å². The van der Waals surface area contributed by atoms with E-state index in [1.165, 1.54) is 12.1 Å². The highest BCUT2D eigenvalue weighted by Gasteiger charge is 2.19. The molecule has 160 valence electrons. The molecule has 2 aromatic carbocycles. The van der Waals surface area contributed by atoms with Gasteiger partial charge in [-0.25, -0.2) is 17.8 Å². The third-order valence-electron chi connectivity index (χ3n) is 5.19. The summed E-state index contributed by atoms with van der Waals surface area (Å²) in [5.41, 5.74) is 3.01. The molecule has 0 saturated carbocycles. The van der Waals surface area contributed by atoms with E-state index < -0.39 is 10.0 Å². The molecule has 0 spiro atoms. The van der Waals surface area contributed by atoms with Crippen molar-refractivity contribution in [3.05, 3.63) is 75.7 Å². The van der Waals surface area contributed by atoms with Crippen molar-refractivity contribution in [1.29, 1.82) is 0 Å². The first kappa shape index (κ1) is 21.9. The number of nitrogens with one attached hydrogen (secondary N) is 1. The lowest BCUT2D eigenvalue weighted by Gasteiger charge is -2.11. The minimum atomic E-state index is -3.69. The van der Waals surface area contributed by atoms with Crippen molar-refractivity contribution in [3.8, 4) is 11.4 Å². The van der Waals surface area contributed by atoms with Gasteiger partial charge in [-0.05, 0) is 54.8 Å². The average molecular weight is 430 g/mol. The van der Waals surface area contributed by atoms with Crippen LogP contribution in [-0.2, 0) is 23.6 Å². The van der Waals surface area contributed by atoms with Gasteiger partial charge in [-0.15, -0.1) is 0 Å². The van der Waals surface area contributed by atoms with Crippen molar-refractivity contribution in [1.82, 2.24) is 14.1 Å². The predicted molar refractivity (Wildman–Crippen MR) is 117 cm³/mol. The second-order valence-electron chi connectivity index (χ2n) is 7.46. The molecule has 3 rings (SSSR count). The Morgan fingerprint density at radius 1 is 1.03 bits per heavy atom. The van der Waals surface area contributed by atoms with Gasteiger partial charge in [0.05, 0.1) is 17.7 Å². The first-order valence-corrected chi connectivity index (χ1v) is 11.2. The lowest BCUT2D eigenvalue weighted by atomic mass is 10.0. The van der Waals surface area contributed by atoms with Crippen LogP contribution in [0, 0.1) is 6.92 Å². The molecule has 7 nitrogen and oxygen atoms in total. The Hall–Kier alpha value is -2.84. The minimum absolute atomic E-state index is 0.0850. The summed E-state index contributed by atoms with van der Waals surface area (Å²) in [7, 11) is -0.283. The van der Waals surface area contributed by atoms with E-state index in [-0.39, 0.29) is 22.9 Å². The fourth-order valence-electron chi connectivity index (χ4n) is 3.46. The Labute approximate surface area is 177 Å². The number of hydrogen-bond donors (Lipinski definition) is 1. The number of aromatic nitrogens is 2. The van der Waals surface area contributed by atoms with Gasteiger partial charge in [0, 0.05) is 24.8 Å². The summed E-state index contributed by atoms with van der Waals surface area (Å²) in [5.74, 6) is 0.815. The van der Waals surface area contributed by atoms with Crippen LogP contribution in [-0.4, -0.2) is 24.9 Å². The fourth-order valence-corrected chi connectivity index (χ4v) is 4.47. The molecule has 1 heterocycles. The van der Waals surface area contributed by atoms with Gasteiger partial charge in [-0.2, -0.15) is 0 Å². The Bertz CT molecular complexity index is 1190. The molecule has 1 aromatic heterocycles. The Morgan fingerprint density at radius 3 is 2.13 bits per heavy atom. The molecule has 0 radical (unpaired) electrons. The monoisotopic (exact) mass is 429 g/mol. The number of sulfonamides is 1. The number of nitrogens with zero attached hydrogens (tertiary/aromatic N) is 2. The van der Waals surface area contributed by atoms with Crippen LogP contribution in [0.25, 0.3) is 5.69 Å².